The van der Waals surface area contributed by atoms with Crippen molar-refractivity contribution in [2.75, 3.05) is 14.1 Å². The third-order valence-electron chi connectivity index (χ3n) is 1.39. The molecule has 0 unspecified atom stereocenters. The first-order valence-corrected chi connectivity index (χ1v) is 4.17. The number of carbonyl (C=O) groups excluding carboxylic acids is 1. The van der Waals surface area contributed by atoms with Crippen LogP contribution in [0.3, 0.4) is 0 Å². The Morgan fingerprint density at radius 3 is 2.00 bits per heavy atom. The molecule has 0 aliphatic heterocycles. The van der Waals surface area contributed by atoms with E-state index in [1.54, 1.807) is 0 Å². The molecule has 0 saturated carbocycles. The summed E-state index contributed by atoms with van der Waals surface area (Å²) >= 11 is 0. The van der Waals surface area contributed by atoms with Gasteiger partial charge in [-0.05, 0) is 20.2 Å². The molecule has 2 nitrogen and oxygen atoms in total. The molecule has 0 radical (unpaired) electrons. The summed E-state index contributed by atoms with van der Waals surface area (Å²) < 4.78 is 36.2. The van der Waals surface area contributed by atoms with Crippen LogP contribution in [-0.4, -0.2) is 20.4 Å². The zero-order valence-corrected chi connectivity index (χ0v) is 8.43. The Balaban J connectivity index is 0.000000583. The Morgan fingerprint density at radius 2 is 1.67 bits per heavy atom. The highest BCUT2D eigenvalue weighted by Gasteiger charge is 2.32. The lowest BCUT2D eigenvalue weighted by atomic mass is 10.1. The molecule has 0 saturated heterocycles. The van der Waals surface area contributed by atoms with Crippen LogP contribution in [-0.2, 0) is 6.18 Å². The monoisotopic (exact) mass is 219 g/mol. The molecule has 0 heterocycles. The summed E-state index contributed by atoms with van der Waals surface area (Å²) in [5, 5.41) is 2.75. The summed E-state index contributed by atoms with van der Waals surface area (Å²) in [5.41, 5.74) is -1.22. The zero-order valence-electron chi connectivity index (χ0n) is 8.43. The van der Waals surface area contributed by atoms with Crippen LogP contribution in [0.5, 0.6) is 0 Å². The molecule has 0 amide bonds. The van der Waals surface area contributed by atoms with Gasteiger partial charge in [-0.2, -0.15) is 13.2 Å². The van der Waals surface area contributed by atoms with Crippen LogP contribution in [0, 0.1) is 0 Å². The molecule has 1 N–H and O–H groups in total. The van der Waals surface area contributed by atoms with Crippen LogP contribution in [0.15, 0.2) is 24.3 Å². The smallest absolute Gasteiger partial charge is 0.323 e. The second-order valence-corrected chi connectivity index (χ2v) is 2.70. The van der Waals surface area contributed by atoms with Crippen molar-refractivity contribution in [3.05, 3.63) is 35.4 Å². The van der Waals surface area contributed by atoms with E-state index in [2.05, 4.69) is 5.32 Å². The molecule has 1 aromatic rings. The van der Waals surface area contributed by atoms with Crippen molar-refractivity contribution in [1.29, 1.82) is 0 Å². The third kappa shape index (κ3) is 4.60. The number of nitrogens with one attached hydrogen (secondary N) is 1. The van der Waals surface area contributed by atoms with Gasteiger partial charge in [-0.15, -0.1) is 0 Å². The van der Waals surface area contributed by atoms with Gasteiger partial charge < -0.3 is 5.32 Å². The predicted octanol–water partition coefficient (Wildman–Crippen LogP) is 2.35. The molecule has 0 atom stereocenters. The fraction of sp³-hybridized carbons (Fsp3) is 0.300. The summed E-state index contributed by atoms with van der Waals surface area (Å²) in [5.74, 6) is 0. The van der Waals surface area contributed by atoms with Gasteiger partial charge in [0.15, 0.2) is 6.29 Å². The van der Waals surface area contributed by atoms with Crippen molar-refractivity contribution in [2.24, 2.45) is 0 Å². The lowest BCUT2D eigenvalue weighted by Crippen LogP contribution is -2.08. The van der Waals surface area contributed by atoms with Gasteiger partial charge in [0.05, 0.1) is 5.56 Å². The summed E-state index contributed by atoms with van der Waals surface area (Å²) in [7, 11) is 3.75. The van der Waals surface area contributed by atoms with Crippen LogP contribution in [0.4, 0.5) is 13.2 Å². The lowest BCUT2D eigenvalue weighted by molar-refractivity contribution is -0.137. The first-order chi connectivity index (χ1) is 6.97. The van der Waals surface area contributed by atoms with Gasteiger partial charge >= 0.3 is 6.18 Å². The minimum absolute atomic E-state index is 0.197. The Bertz CT molecular complexity index is 310. The van der Waals surface area contributed by atoms with Crippen molar-refractivity contribution in [1.82, 2.24) is 5.32 Å². The maximum absolute atomic E-state index is 12.1. The third-order valence-corrected chi connectivity index (χ3v) is 1.39. The summed E-state index contributed by atoms with van der Waals surface area (Å²) in [4.78, 5) is 10.2. The van der Waals surface area contributed by atoms with E-state index in [1.165, 1.54) is 12.1 Å². The van der Waals surface area contributed by atoms with Crippen LogP contribution in [0.25, 0.3) is 0 Å². The number of rotatable bonds is 1. The molecule has 1 aromatic carbocycles. The molecule has 0 aromatic heterocycles. The van der Waals surface area contributed by atoms with Crippen molar-refractivity contribution in [3.63, 3.8) is 0 Å². The van der Waals surface area contributed by atoms with Gasteiger partial charge in [0.25, 0.3) is 0 Å². The van der Waals surface area contributed by atoms with Crippen LogP contribution in [0.1, 0.15) is 15.9 Å². The molecule has 84 valence electrons. The van der Waals surface area contributed by atoms with E-state index in [4.69, 9.17) is 0 Å². The van der Waals surface area contributed by atoms with E-state index in [0.717, 1.165) is 12.1 Å². The van der Waals surface area contributed by atoms with Gasteiger partial charge in [-0.3, -0.25) is 4.79 Å². The van der Waals surface area contributed by atoms with Gasteiger partial charge in [0.1, 0.15) is 0 Å². The van der Waals surface area contributed by atoms with Crippen molar-refractivity contribution < 1.29 is 18.0 Å². The number of alkyl halides is 3. The highest BCUT2D eigenvalue weighted by atomic mass is 19.4. The number of hydrogen-bond acceptors (Lipinski definition) is 2. The number of halogens is 3. The summed E-state index contributed by atoms with van der Waals surface area (Å²) in [6.07, 6.45) is -4.25. The van der Waals surface area contributed by atoms with Crippen molar-refractivity contribution in [2.45, 2.75) is 6.18 Å². The average Bonchev–Trinajstić information content (AvgIpc) is 2.18. The van der Waals surface area contributed by atoms with E-state index in [1.807, 2.05) is 14.1 Å². The van der Waals surface area contributed by atoms with E-state index in [9.17, 15) is 18.0 Å². The number of benzene rings is 1. The average molecular weight is 219 g/mol. The Labute approximate surface area is 86.1 Å². The first-order valence-electron chi connectivity index (χ1n) is 4.17. The molecular formula is C10H12F3NO. The van der Waals surface area contributed by atoms with Gasteiger partial charge in [0, 0.05) is 5.56 Å². The molecule has 0 fully saturated rings. The molecule has 0 aliphatic rings. The largest absolute Gasteiger partial charge is 0.417 e. The Hall–Kier alpha value is -1.36. The minimum atomic E-state index is -4.45. The Morgan fingerprint density at radius 1 is 1.20 bits per heavy atom. The molecule has 0 aliphatic carbocycles. The zero-order chi connectivity index (χ0) is 11.9. The molecule has 0 bridgehead atoms. The highest BCUT2D eigenvalue weighted by molar-refractivity contribution is 5.77. The first kappa shape index (κ1) is 13.6. The second-order valence-electron chi connectivity index (χ2n) is 2.70. The van der Waals surface area contributed by atoms with E-state index in [0.29, 0.717) is 0 Å². The van der Waals surface area contributed by atoms with Crippen LogP contribution < -0.4 is 5.32 Å². The molecule has 15 heavy (non-hydrogen) atoms. The standard InChI is InChI=1S/C8H5F3O.C2H7N/c9-8(10,11)7-4-2-1-3-6(7)5-12;1-3-2/h1-5H;3H,1-2H3. The number of aldehydes is 1. The quantitative estimate of drug-likeness (QED) is 0.734. The molecule has 0 spiro atoms. The van der Waals surface area contributed by atoms with Gasteiger partial charge in [-0.1, -0.05) is 18.2 Å². The maximum atomic E-state index is 12.1. The minimum Gasteiger partial charge on any atom is -0.323 e. The van der Waals surface area contributed by atoms with Gasteiger partial charge in [0.2, 0.25) is 0 Å². The Kier molecular flexibility index (Phi) is 5.62. The fourth-order valence-corrected chi connectivity index (χ4v) is 0.858. The SMILES string of the molecule is CNC.O=Cc1ccccc1C(F)(F)F. The number of carbonyl (C=O) groups is 1. The topological polar surface area (TPSA) is 29.1 Å². The van der Waals surface area contributed by atoms with E-state index >= 15 is 0 Å². The van der Waals surface area contributed by atoms with Crippen molar-refractivity contribution >= 4 is 6.29 Å². The van der Waals surface area contributed by atoms with Crippen LogP contribution >= 0.6 is 0 Å². The number of hydrogen-bond donors (Lipinski definition) is 1. The van der Waals surface area contributed by atoms with E-state index < -0.39 is 11.7 Å². The molecular weight excluding hydrogens is 207 g/mol. The second kappa shape index (κ2) is 6.19. The fourth-order valence-electron chi connectivity index (χ4n) is 0.858. The molecule has 1 rings (SSSR count). The van der Waals surface area contributed by atoms with Crippen LogP contribution in [0.2, 0.25) is 0 Å². The van der Waals surface area contributed by atoms with Crippen molar-refractivity contribution in [3.8, 4) is 0 Å². The summed E-state index contributed by atoms with van der Waals surface area (Å²) in [6, 6.07) is 4.65. The lowest BCUT2D eigenvalue weighted by Gasteiger charge is -2.07. The maximum Gasteiger partial charge on any atom is 0.417 e. The molecule has 5 heteroatoms. The predicted molar refractivity (Wildman–Crippen MR) is 51.8 cm³/mol. The highest BCUT2D eigenvalue weighted by Crippen LogP contribution is 2.30. The summed E-state index contributed by atoms with van der Waals surface area (Å²) in [6.45, 7) is 0. The van der Waals surface area contributed by atoms with Gasteiger partial charge in [-0.25, -0.2) is 0 Å². The van der Waals surface area contributed by atoms with E-state index in [-0.39, 0.29) is 11.8 Å². The normalized spacial score (nSPS) is 10.2.